The van der Waals surface area contributed by atoms with Gasteiger partial charge in [0.05, 0.1) is 16.2 Å². The van der Waals surface area contributed by atoms with Crippen molar-refractivity contribution in [1.82, 2.24) is 5.32 Å². The molecule has 3 nitrogen and oxygen atoms in total. The van der Waals surface area contributed by atoms with Gasteiger partial charge >= 0.3 is 0 Å². The average molecular weight is 374 g/mol. The Morgan fingerprint density at radius 1 is 1.04 bits per heavy atom. The van der Waals surface area contributed by atoms with Crippen molar-refractivity contribution in [1.29, 1.82) is 0 Å². The van der Waals surface area contributed by atoms with E-state index in [0.717, 1.165) is 36.6 Å². The van der Waals surface area contributed by atoms with E-state index in [9.17, 15) is 0 Å². The summed E-state index contributed by atoms with van der Waals surface area (Å²) in [6.07, 6.45) is 5.80. The first kappa shape index (κ1) is 16.7. The molecule has 25 heavy (non-hydrogen) atoms. The van der Waals surface area contributed by atoms with Gasteiger partial charge in [-0.1, -0.05) is 72.8 Å². The van der Waals surface area contributed by atoms with E-state index < -0.39 is 0 Å². The number of amidine groups is 1. The summed E-state index contributed by atoms with van der Waals surface area (Å²) in [6, 6.07) is 14.1. The molecule has 130 valence electrons. The summed E-state index contributed by atoms with van der Waals surface area (Å²) >= 11 is 12.6. The molecule has 2 N–H and O–H groups in total. The first-order chi connectivity index (χ1) is 12.2. The molecular formula is C20H21Cl2N3. The predicted molar refractivity (Wildman–Crippen MR) is 106 cm³/mol. The largest absolute Gasteiger partial charge is 0.371 e. The van der Waals surface area contributed by atoms with Crippen LogP contribution in [0.4, 0.5) is 11.4 Å². The highest BCUT2D eigenvalue weighted by atomic mass is 35.5. The van der Waals surface area contributed by atoms with Crippen LogP contribution in [0.2, 0.25) is 10.0 Å². The van der Waals surface area contributed by atoms with E-state index in [4.69, 9.17) is 28.2 Å². The Balaban J connectivity index is 1.69. The lowest BCUT2D eigenvalue weighted by Crippen LogP contribution is -2.54. The van der Waals surface area contributed by atoms with Gasteiger partial charge in [-0.25, -0.2) is 4.99 Å². The maximum absolute atomic E-state index is 6.40. The van der Waals surface area contributed by atoms with Crippen molar-refractivity contribution in [2.45, 2.75) is 44.2 Å². The standard InChI is InChI=1S/C20H21Cl2N3/c21-15-11-16(22)18-17(12-15)25-20(9-5-2-6-10-20)19(24-18)23-13-14-7-3-1-4-8-14/h1,3-4,7-8,11-12,25H,2,5-6,9-10,13H2,(H,23,24). The summed E-state index contributed by atoms with van der Waals surface area (Å²) in [4.78, 5) is 4.93. The second kappa shape index (κ2) is 6.89. The number of nitrogens with one attached hydrogen (secondary N) is 2. The maximum atomic E-state index is 6.40. The van der Waals surface area contributed by atoms with Crippen LogP contribution in [0.5, 0.6) is 0 Å². The normalized spacial score (nSPS) is 18.2. The number of hydrogen-bond donors (Lipinski definition) is 2. The number of hydrogen-bond acceptors (Lipinski definition) is 3. The van der Waals surface area contributed by atoms with Crippen LogP contribution in [-0.4, -0.2) is 11.4 Å². The zero-order valence-corrected chi connectivity index (χ0v) is 15.5. The molecular weight excluding hydrogens is 353 g/mol. The summed E-state index contributed by atoms with van der Waals surface area (Å²) in [7, 11) is 0. The fourth-order valence-corrected chi connectivity index (χ4v) is 4.35. The molecule has 0 bridgehead atoms. The molecule has 1 saturated carbocycles. The van der Waals surface area contributed by atoms with E-state index in [0.29, 0.717) is 10.0 Å². The van der Waals surface area contributed by atoms with Crippen LogP contribution in [0.3, 0.4) is 0 Å². The number of nitrogens with zero attached hydrogens (tertiary/aromatic N) is 1. The molecule has 0 atom stereocenters. The van der Waals surface area contributed by atoms with Gasteiger partial charge < -0.3 is 10.6 Å². The quantitative estimate of drug-likeness (QED) is 0.682. The number of benzene rings is 2. The Labute approximate surface area is 158 Å². The molecule has 0 aromatic heterocycles. The maximum Gasteiger partial charge on any atom is 0.128 e. The molecule has 1 fully saturated rings. The minimum absolute atomic E-state index is 0.145. The highest BCUT2D eigenvalue weighted by Crippen LogP contribution is 2.44. The Bertz CT molecular complexity index is 796. The summed E-state index contributed by atoms with van der Waals surface area (Å²) in [6.45, 7) is 0.754. The van der Waals surface area contributed by atoms with Crippen molar-refractivity contribution < 1.29 is 0 Å². The van der Waals surface area contributed by atoms with Gasteiger partial charge in [0.1, 0.15) is 11.5 Å². The van der Waals surface area contributed by atoms with Crippen LogP contribution in [-0.2, 0) is 6.54 Å². The van der Waals surface area contributed by atoms with Crippen LogP contribution in [0.15, 0.2) is 47.5 Å². The fourth-order valence-electron chi connectivity index (χ4n) is 3.82. The Morgan fingerprint density at radius 3 is 2.56 bits per heavy atom. The van der Waals surface area contributed by atoms with Crippen molar-refractivity contribution in [3.05, 3.63) is 58.1 Å². The Kier molecular flexibility index (Phi) is 4.61. The van der Waals surface area contributed by atoms with Crippen molar-refractivity contribution in [2.75, 3.05) is 5.32 Å². The van der Waals surface area contributed by atoms with Gasteiger partial charge in [-0.2, -0.15) is 0 Å². The van der Waals surface area contributed by atoms with Gasteiger partial charge in [0.15, 0.2) is 0 Å². The lowest BCUT2D eigenvalue weighted by Gasteiger charge is -2.43. The van der Waals surface area contributed by atoms with Crippen LogP contribution in [0, 0.1) is 0 Å². The van der Waals surface area contributed by atoms with Crippen molar-refractivity contribution in [3.63, 3.8) is 0 Å². The third-order valence-corrected chi connectivity index (χ3v) is 5.60. The number of aliphatic imine (C=N–C) groups is 1. The summed E-state index contributed by atoms with van der Waals surface area (Å²) in [5, 5.41) is 8.52. The van der Waals surface area contributed by atoms with Gasteiger partial charge in [0.25, 0.3) is 0 Å². The number of fused-ring (bicyclic) bond motifs is 1. The lowest BCUT2D eigenvalue weighted by atomic mass is 9.79. The summed E-state index contributed by atoms with van der Waals surface area (Å²) < 4.78 is 0. The van der Waals surface area contributed by atoms with E-state index in [1.165, 1.54) is 24.8 Å². The zero-order chi connectivity index (χ0) is 17.3. The fraction of sp³-hybridized carbons (Fsp3) is 0.350. The number of rotatable bonds is 2. The van der Waals surface area contributed by atoms with E-state index in [1.807, 2.05) is 12.1 Å². The summed E-state index contributed by atoms with van der Waals surface area (Å²) in [5.74, 6) is 0.993. The molecule has 5 heteroatoms. The minimum atomic E-state index is -0.145. The van der Waals surface area contributed by atoms with Crippen molar-refractivity contribution in [3.8, 4) is 0 Å². The molecule has 4 rings (SSSR count). The molecule has 2 aliphatic rings. The summed E-state index contributed by atoms with van der Waals surface area (Å²) in [5.41, 5.74) is 2.81. The van der Waals surface area contributed by atoms with Gasteiger partial charge in [0.2, 0.25) is 0 Å². The van der Waals surface area contributed by atoms with Crippen LogP contribution in [0.25, 0.3) is 0 Å². The van der Waals surface area contributed by atoms with E-state index in [2.05, 4.69) is 34.9 Å². The number of halogens is 2. The van der Waals surface area contributed by atoms with Crippen molar-refractivity contribution >= 4 is 40.4 Å². The Morgan fingerprint density at radius 2 is 1.80 bits per heavy atom. The van der Waals surface area contributed by atoms with Crippen LogP contribution >= 0.6 is 23.2 Å². The average Bonchev–Trinajstić information content (AvgIpc) is 2.61. The highest BCUT2D eigenvalue weighted by molar-refractivity contribution is 6.37. The molecule has 0 saturated heterocycles. The Hall–Kier alpha value is -1.71. The van der Waals surface area contributed by atoms with Crippen LogP contribution < -0.4 is 10.6 Å². The SMILES string of the molecule is Clc1cc(Cl)c2c(c1)NC1(CCCCC1)C(NCc1ccccc1)=N2. The molecule has 1 aliphatic heterocycles. The van der Waals surface area contributed by atoms with Gasteiger partial charge in [-0.15, -0.1) is 0 Å². The topological polar surface area (TPSA) is 36.4 Å². The second-order valence-corrected chi connectivity index (χ2v) is 7.69. The highest BCUT2D eigenvalue weighted by Gasteiger charge is 2.40. The van der Waals surface area contributed by atoms with Gasteiger partial charge in [0, 0.05) is 11.6 Å². The van der Waals surface area contributed by atoms with Gasteiger partial charge in [-0.05, 0) is 30.5 Å². The second-order valence-electron chi connectivity index (χ2n) is 6.85. The monoisotopic (exact) mass is 373 g/mol. The zero-order valence-electron chi connectivity index (χ0n) is 14.0. The molecule has 0 unspecified atom stereocenters. The molecule has 1 heterocycles. The number of anilines is 1. The first-order valence-electron chi connectivity index (χ1n) is 8.80. The van der Waals surface area contributed by atoms with E-state index in [-0.39, 0.29) is 5.54 Å². The third kappa shape index (κ3) is 3.36. The minimum Gasteiger partial charge on any atom is -0.371 e. The molecule has 2 aromatic rings. The molecule has 1 spiro atoms. The van der Waals surface area contributed by atoms with Crippen LogP contribution in [0.1, 0.15) is 37.7 Å². The molecule has 0 radical (unpaired) electrons. The first-order valence-corrected chi connectivity index (χ1v) is 9.56. The molecule has 0 amide bonds. The lowest BCUT2D eigenvalue weighted by molar-refractivity contribution is 0.396. The van der Waals surface area contributed by atoms with Crippen molar-refractivity contribution in [2.24, 2.45) is 4.99 Å². The van der Waals surface area contributed by atoms with E-state index in [1.54, 1.807) is 6.07 Å². The molecule has 2 aromatic carbocycles. The smallest absolute Gasteiger partial charge is 0.128 e. The third-order valence-electron chi connectivity index (χ3n) is 5.09. The molecule has 1 aliphatic carbocycles. The van der Waals surface area contributed by atoms with Gasteiger partial charge in [-0.3, -0.25) is 0 Å². The predicted octanol–water partition coefficient (Wildman–Crippen LogP) is 5.94. The van der Waals surface area contributed by atoms with E-state index >= 15 is 0 Å².